The van der Waals surface area contributed by atoms with E-state index in [2.05, 4.69) is 45.1 Å². The lowest BCUT2D eigenvalue weighted by Gasteiger charge is -2.18. The largest absolute Gasteiger partial charge is 0.462 e. The van der Waals surface area contributed by atoms with Crippen LogP contribution in [0.15, 0.2) is 24.3 Å². The van der Waals surface area contributed by atoms with Gasteiger partial charge in [0.1, 0.15) is 13.2 Å². The summed E-state index contributed by atoms with van der Waals surface area (Å²) in [5.74, 6) is -0.848. The van der Waals surface area contributed by atoms with Gasteiger partial charge in [-0.2, -0.15) is 0 Å². The van der Waals surface area contributed by atoms with Crippen LogP contribution in [0.25, 0.3) is 0 Å². The van der Waals surface area contributed by atoms with E-state index in [0.717, 1.165) is 64.2 Å². The van der Waals surface area contributed by atoms with Crippen LogP contribution < -0.4 is 0 Å². The van der Waals surface area contributed by atoms with Crippen molar-refractivity contribution in [2.45, 2.75) is 348 Å². The summed E-state index contributed by atoms with van der Waals surface area (Å²) >= 11 is 0. The summed E-state index contributed by atoms with van der Waals surface area (Å²) in [5.41, 5.74) is 0. The Labute approximate surface area is 430 Å². The van der Waals surface area contributed by atoms with Crippen molar-refractivity contribution in [3.8, 4) is 0 Å². The summed E-state index contributed by atoms with van der Waals surface area (Å²) in [6.45, 7) is 6.66. The van der Waals surface area contributed by atoms with Crippen LogP contribution in [0.4, 0.5) is 0 Å². The summed E-state index contributed by atoms with van der Waals surface area (Å²) in [6.07, 6.45) is 68.9. The first-order chi connectivity index (χ1) is 34.0. The molecule has 0 aliphatic carbocycles. The molecule has 0 unspecified atom stereocenters. The first-order valence-corrected chi connectivity index (χ1v) is 30.8. The average Bonchev–Trinajstić information content (AvgIpc) is 3.35. The second kappa shape index (κ2) is 58.5. The molecule has 0 aromatic carbocycles. The third kappa shape index (κ3) is 56.7. The molecule has 6 heteroatoms. The molecule has 0 aliphatic heterocycles. The zero-order valence-electron chi connectivity index (χ0n) is 46.6. The lowest BCUT2D eigenvalue weighted by atomic mass is 10.0. The van der Waals surface area contributed by atoms with Gasteiger partial charge in [-0.05, 0) is 51.4 Å². The van der Waals surface area contributed by atoms with Gasteiger partial charge in [0.2, 0.25) is 0 Å². The predicted octanol–water partition coefficient (Wildman–Crippen LogP) is 20.7. The Kier molecular flexibility index (Phi) is 56.7. The van der Waals surface area contributed by atoms with Gasteiger partial charge in [-0.25, -0.2) is 0 Å². The Morgan fingerprint density at radius 2 is 0.522 bits per heavy atom. The second-order valence-electron chi connectivity index (χ2n) is 21.0. The van der Waals surface area contributed by atoms with Crippen LogP contribution in [0.3, 0.4) is 0 Å². The SMILES string of the molecule is CCCCC/C=C\C/C=C\CCCCCCCCCCCC(=O)OC[C@H](COC(=O)CCCCCCCCCCCCCCCCCCCCCCC)OC(=O)CCCCCCCCCCCCC. The highest BCUT2D eigenvalue weighted by Crippen LogP contribution is 2.18. The number of rotatable bonds is 57. The van der Waals surface area contributed by atoms with Crippen molar-refractivity contribution in [3.63, 3.8) is 0 Å². The molecule has 1 atom stereocenters. The van der Waals surface area contributed by atoms with E-state index in [1.165, 1.54) is 238 Å². The van der Waals surface area contributed by atoms with E-state index in [-0.39, 0.29) is 31.1 Å². The normalized spacial score (nSPS) is 12.1. The molecule has 406 valence electrons. The van der Waals surface area contributed by atoms with Crippen molar-refractivity contribution in [1.82, 2.24) is 0 Å². The topological polar surface area (TPSA) is 78.9 Å². The van der Waals surface area contributed by atoms with E-state index in [4.69, 9.17) is 14.2 Å². The van der Waals surface area contributed by atoms with Crippen LogP contribution in [0.5, 0.6) is 0 Å². The number of hydrogen-bond acceptors (Lipinski definition) is 6. The van der Waals surface area contributed by atoms with E-state index < -0.39 is 6.10 Å². The first kappa shape index (κ1) is 66.9. The van der Waals surface area contributed by atoms with Crippen LogP contribution in [-0.4, -0.2) is 37.2 Å². The van der Waals surface area contributed by atoms with Gasteiger partial charge < -0.3 is 14.2 Å². The van der Waals surface area contributed by atoms with E-state index in [0.29, 0.717) is 19.3 Å². The summed E-state index contributed by atoms with van der Waals surface area (Å²) in [5, 5.41) is 0. The Balaban J connectivity index is 4.22. The molecule has 69 heavy (non-hydrogen) atoms. The lowest BCUT2D eigenvalue weighted by molar-refractivity contribution is -0.167. The predicted molar refractivity (Wildman–Crippen MR) is 298 cm³/mol. The van der Waals surface area contributed by atoms with Gasteiger partial charge in [0.15, 0.2) is 6.10 Å². The minimum Gasteiger partial charge on any atom is -0.462 e. The van der Waals surface area contributed by atoms with E-state index >= 15 is 0 Å². The van der Waals surface area contributed by atoms with Crippen molar-refractivity contribution >= 4 is 17.9 Å². The maximum Gasteiger partial charge on any atom is 0.306 e. The first-order valence-electron chi connectivity index (χ1n) is 30.8. The monoisotopic (exact) mass is 971 g/mol. The lowest BCUT2D eigenvalue weighted by Crippen LogP contribution is -2.30. The van der Waals surface area contributed by atoms with Crippen LogP contribution in [0.1, 0.15) is 342 Å². The zero-order chi connectivity index (χ0) is 50.0. The maximum absolute atomic E-state index is 12.8. The molecule has 0 radical (unpaired) electrons. The van der Waals surface area contributed by atoms with Crippen LogP contribution >= 0.6 is 0 Å². The standard InChI is InChI=1S/C63H118O6/c1-4-7-10-13-16-19-22-24-26-28-30-31-33-35-37-39-42-44-47-50-53-56-62(65)68-59-60(69-63(66)57-54-51-48-45-40-21-18-15-12-9-6-3)58-67-61(64)55-52-49-46-43-41-38-36-34-32-29-27-25-23-20-17-14-11-8-5-2/h17,20,25,27,60H,4-16,18-19,21-24,26,28-59H2,1-3H3/b20-17-,27-25-/t60-/m1/s1. The van der Waals surface area contributed by atoms with Crippen molar-refractivity contribution in [3.05, 3.63) is 24.3 Å². The van der Waals surface area contributed by atoms with Gasteiger partial charge in [0.05, 0.1) is 0 Å². The molecule has 0 saturated heterocycles. The maximum atomic E-state index is 12.8. The van der Waals surface area contributed by atoms with Crippen LogP contribution in [0.2, 0.25) is 0 Å². The molecule has 0 amide bonds. The quantitative estimate of drug-likeness (QED) is 0.0261. The molecule has 0 aromatic heterocycles. The number of allylic oxidation sites excluding steroid dienone is 4. The van der Waals surface area contributed by atoms with Crippen molar-refractivity contribution in [2.24, 2.45) is 0 Å². The van der Waals surface area contributed by atoms with Gasteiger partial charge in [-0.3, -0.25) is 14.4 Å². The third-order valence-corrected chi connectivity index (χ3v) is 14.0. The average molecular weight is 972 g/mol. The molecule has 0 aromatic rings. The number of esters is 3. The van der Waals surface area contributed by atoms with Gasteiger partial charge in [-0.1, -0.05) is 295 Å². The highest BCUT2D eigenvalue weighted by molar-refractivity contribution is 5.71. The molecule has 0 spiro atoms. The highest BCUT2D eigenvalue weighted by Gasteiger charge is 2.19. The fourth-order valence-corrected chi connectivity index (χ4v) is 9.30. The van der Waals surface area contributed by atoms with E-state index in [9.17, 15) is 14.4 Å². The number of ether oxygens (including phenoxy) is 3. The van der Waals surface area contributed by atoms with E-state index in [1.54, 1.807) is 0 Å². The summed E-state index contributed by atoms with van der Waals surface area (Å²) in [7, 11) is 0. The molecule has 0 fully saturated rings. The number of hydrogen-bond donors (Lipinski definition) is 0. The number of carbonyl (C=O) groups is 3. The fraction of sp³-hybridized carbons (Fsp3) is 0.889. The smallest absolute Gasteiger partial charge is 0.306 e. The van der Waals surface area contributed by atoms with Crippen molar-refractivity contribution < 1.29 is 28.6 Å². The fourth-order valence-electron chi connectivity index (χ4n) is 9.30. The molecule has 0 bridgehead atoms. The van der Waals surface area contributed by atoms with Gasteiger partial charge >= 0.3 is 17.9 Å². The highest BCUT2D eigenvalue weighted by atomic mass is 16.6. The molecule has 0 heterocycles. The van der Waals surface area contributed by atoms with Gasteiger partial charge in [0.25, 0.3) is 0 Å². The molecule has 0 N–H and O–H groups in total. The Morgan fingerprint density at radius 1 is 0.290 bits per heavy atom. The molecule has 6 nitrogen and oxygen atoms in total. The minimum absolute atomic E-state index is 0.0666. The van der Waals surface area contributed by atoms with Crippen LogP contribution in [0, 0.1) is 0 Å². The van der Waals surface area contributed by atoms with Gasteiger partial charge in [0, 0.05) is 19.3 Å². The van der Waals surface area contributed by atoms with Crippen molar-refractivity contribution in [1.29, 1.82) is 0 Å². The summed E-state index contributed by atoms with van der Waals surface area (Å²) in [6, 6.07) is 0. The number of unbranched alkanes of at least 4 members (excludes halogenated alkanes) is 42. The Bertz CT molecular complexity index is 1110. The number of carbonyl (C=O) groups excluding carboxylic acids is 3. The molecular formula is C63H118O6. The molecule has 0 aliphatic rings. The molecule has 0 rings (SSSR count). The van der Waals surface area contributed by atoms with Crippen LogP contribution in [-0.2, 0) is 28.6 Å². The van der Waals surface area contributed by atoms with Gasteiger partial charge in [-0.15, -0.1) is 0 Å². The minimum atomic E-state index is -0.767. The summed E-state index contributed by atoms with van der Waals surface area (Å²) in [4.78, 5) is 38.2. The summed E-state index contributed by atoms with van der Waals surface area (Å²) < 4.78 is 16.9. The molecular weight excluding hydrogens is 853 g/mol. The molecule has 0 saturated carbocycles. The van der Waals surface area contributed by atoms with Crippen molar-refractivity contribution in [2.75, 3.05) is 13.2 Å². The van der Waals surface area contributed by atoms with E-state index in [1.807, 2.05) is 0 Å². The third-order valence-electron chi connectivity index (χ3n) is 14.0. The Morgan fingerprint density at radius 3 is 0.826 bits per heavy atom. The second-order valence-corrected chi connectivity index (χ2v) is 21.0. The Hall–Kier alpha value is -2.11. The zero-order valence-corrected chi connectivity index (χ0v) is 46.6.